The maximum atomic E-state index is 4.46. The lowest BCUT2D eigenvalue weighted by molar-refractivity contribution is 0.313. The Morgan fingerprint density at radius 1 is 1.29 bits per heavy atom. The summed E-state index contributed by atoms with van der Waals surface area (Å²) in [6, 6.07) is 0.941. The zero-order valence-corrected chi connectivity index (χ0v) is 12.9. The van der Waals surface area contributed by atoms with Crippen molar-refractivity contribution >= 4 is 29.9 Å². The Morgan fingerprint density at radius 3 is 2.76 bits per heavy atom. The summed E-state index contributed by atoms with van der Waals surface area (Å²) in [6.07, 6.45) is 4.24. The Balaban J connectivity index is 0.00000108. The smallest absolute Gasteiger partial charge is 0.193 e. The van der Waals surface area contributed by atoms with Gasteiger partial charge in [-0.2, -0.15) is 0 Å². The monoisotopic (exact) mass is 350 g/mol. The standard InChI is InChI=1S/C12H22N4.HI/c1-15-7-5-13-12(15)14-8-10-4-6-16(9-10)11-2-3-11;/h10-11H,2-9H2,1H3,(H,13,14);1H. The van der Waals surface area contributed by atoms with E-state index in [9.17, 15) is 0 Å². The molecule has 1 N–H and O–H groups in total. The lowest BCUT2D eigenvalue weighted by Gasteiger charge is -2.18. The van der Waals surface area contributed by atoms with Crippen molar-refractivity contribution in [1.82, 2.24) is 15.1 Å². The molecule has 1 saturated carbocycles. The van der Waals surface area contributed by atoms with E-state index in [-0.39, 0.29) is 24.0 Å². The van der Waals surface area contributed by atoms with E-state index in [0.29, 0.717) is 0 Å². The van der Waals surface area contributed by atoms with Gasteiger partial charge >= 0.3 is 0 Å². The summed E-state index contributed by atoms with van der Waals surface area (Å²) < 4.78 is 0. The molecule has 0 bridgehead atoms. The van der Waals surface area contributed by atoms with Crippen molar-refractivity contribution in [2.75, 3.05) is 39.8 Å². The molecule has 2 heterocycles. The third-order valence-corrected chi connectivity index (χ3v) is 3.99. The molecule has 2 aliphatic heterocycles. The van der Waals surface area contributed by atoms with E-state index in [4.69, 9.17) is 0 Å². The van der Waals surface area contributed by atoms with Crippen LogP contribution in [0.25, 0.3) is 0 Å². The van der Waals surface area contributed by atoms with E-state index in [0.717, 1.165) is 37.6 Å². The number of likely N-dealkylation sites (tertiary alicyclic amines) is 1. The number of nitrogens with one attached hydrogen (secondary N) is 1. The first-order chi connectivity index (χ1) is 7.83. The van der Waals surface area contributed by atoms with Crippen LogP contribution in [-0.2, 0) is 0 Å². The number of guanidine groups is 1. The largest absolute Gasteiger partial charge is 0.356 e. The highest BCUT2D eigenvalue weighted by Gasteiger charge is 2.34. The van der Waals surface area contributed by atoms with E-state index in [1.54, 1.807) is 0 Å². The van der Waals surface area contributed by atoms with Crippen LogP contribution < -0.4 is 5.32 Å². The molecule has 3 aliphatic rings. The number of aliphatic imine (C=N–C) groups is 1. The van der Waals surface area contributed by atoms with Crippen LogP contribution in [0, 0.1) is 5.92 Å². The molecule has 17 heavy (non-hydrogen) atoms. The molecule has 1 saturated heterocycles. The second kappa shape index (κ2) is 5.73. The van der Waals surface area contributed by atoms with Gasteiger partial charge in [0.05, 0.1) is 6.54 Å². The van der Waals surface area contributed by atoms with Crippen molar-refractivity contribution in [1.29, 1.82) is 0 Å². The van der Waals surface area contributed by atoms with Crippen LogP contribution in [0.15, 0.2) is 4.99 Å². The zero-order valence-electron chi connectivity index (χ0n) is 10.6. The second-order valence-electron chi connectivity index (χ2n) is 5.39. The molecule has 0 aromatic heterocycles. The number of nitrogens with zero attached hydrogens (tertiary/aromatic N) is 3. The average Bonchev–Trinajstić information content (AvgIpc) is 2.89. The average molecular weight is 350 g/mol. The van der Waals surface area contributed by atoms with Gasteiger partial charge in [-0.25, -0.2) is 0 Å². The summed E-state index contributed by atoms with van der Waals surface area (Å²) in [7, 11) is 2.12. The molecule has 0 aromatic rings. The fraction of sp³-hybridized carbons (Fsp3) is 0.917. The number of halogens is 1. The normalized spacial score (nSPS) is 29.1. The maximum absolute atomic E-state index is 4.46. The molecule has 0 amide bonds. The van der Waals surface area contributed by atoms with Gasteiger partial charge in [-0.05, 0) is 31.7 Å². The highest BCUT2D eigenvalue weighted by Crippen LogP contribution is 2.31. The van der Waals surface area contributed by atoms with Gasteiger partial charge in [-0.3, -0.25) is 4.99 Å². The Labute approximate surface area is 121 Å². The molecular weight excluding hydrogens is 327 g/mol. The van der Waals surface area contributed by atoms with Gasteiger partial charge in [0.25, 0.3) is 0 Å². The minimum atomic E-state index is 0. The molecule has 1 unspecified atom stereocenters. The first-order valence-electron chi connectivity index (χ1n) is 6.56. The highest BCUT2D eigenvalue weighted by molar-refractivity contribution is 14.0. The van der Waals surface area contributed by atoms with Crippen LogP contribution >= 0.6 is 24.0 Å². The lowest BCUT2D eigenvalue weighted by atomic mass is 10.1. The predicted octanol–water partition coefficient (Wildman–Crippen LogP) is 0.980. The van der Waals surface area contributed by atoms with Gasteiger partial charge in [0.15, 0.2) is 5.96 Å². The van der Waals surface area contributed by atoms with Crippen molar-refractivity contribution < 1.29 is 0 Å². The molecule has 3 rings (SSSR count). The molecule has 0 aromatic carbocycles. The first-order valence-corrected chi connectivity index (χ1v) is 6.56. The van der Waals surface area contributed by atoms with E-state index < -0.39 is 0 Å². The van der Waals surface area contributed by atoms with Crippen molar-refractivity contribution in [2.45, 2.75) is 25.3 Å². The summed E-state index contributed by atoms with van der Waals surface area (Å²) in [5.74, 6) is 1.93. The van der Waals surface area contributed by atoms with Crippen molar-refractivity contribution in [3.8, 4) is 0 Å². The number of hydrogen-bond donors (Lipinski definition) is 1. The van der Waals surface area contributed by atoms with Gasteiger partial charge < -0.3 is 15.1 Å². The van der Waals surface area contributed by atoms with Gasteiger partial charge in [0, 0.05) is 32.7 Å². The Morgan fingerprint density at radius 2 is 2.12 bits per heavy atom. The minimum Gasteiger partial charge on any atom is -0.356 e. The molecule has 0 spiro atoms. The Hall–Kier alpha value is -0.0400. The SMILES string of the molecule is CN1CCN=C1NCC1CCN(C2CC2)C1.I. The van der Waals surface area contributed by atoms with Crippen molar-refractivity contribution in [2.24, 2.45) is 10.9 Å². The van der Waals surface area contributed by atoms with Gasteiger partial charge in [-0.15, -0.1) is 24.0 Å². The van der Waals surface area contributed by atoms with Crippen LogP contribution in [0.2, 0.25) is 0 Å². The predicted molar refractivity (Wildman–Crippen MR) is 81.1 cm³/mol. The van der Waals surface area contributed by atoms with Gasteiger partial charge in [0.2, 0.25) is 0 Å². The zero-order chi connectivity index (χ0) is 11.0. The van der Waals surface area contributed by atoms with Crippen LogP contribution in [0.3, 0.4) is 0 Å². The fourth-order valence-corrected chi connectivity index (χ4v) is 2.76. The topological polar surface area (TPSA) is 30.9 Å². The van der Waals surface area contributed by atoms with Gasteiger partial charge in [0.1, 0.15) is 0 Å². The minimum absolute atomic E-state index is 0. The molecule has 4 nitrogen and oxygen atoms in total. The maximum Gasteiger partial charge on any atom is 0.193 e. The Kier molecular flexibility index (Phi) is 4.52. The van der Waals surface area contributed by atoms with E-state index >= 15 is 0 Å². The number of rotatable bonds is 3. The molecule has 1 aliphatic carbocycles. The highest BCUT2D eigenvalue weighted by atomic mass is 127. The molecule has 0 radical (unpaired) electrons. The van der Waals surface area contributed by atoms with Gasteiger partial charge in [-0.1, -0.05) is 0 Å². The quantitative estimate of drug-likeness (QED) is 0.770. The summed E-state index contributed by atoms with van der Waals surface area (Å²) in [4.78, 5) is 9.35. The van der Waals surface area contributed by atoms with Crippen LogP contribution in [0.4, 0.5) is 0 Å². The van der Waals surface area contributed by atoms with E-state index in [2.05, 4.69) is 27.2 Å². The van der Waals surface area contributed by atoms with E-state index in [1.165, 1.54) is 32.4 Å². The molecule has 5 heteroatoms. The fourth-order valence-electron chi connectivity index (χ4n) is 2.76. The summed E-state index contributed by atoms with van der Waals surface area (Å²) >= 11 is 0. The molecule has 2 fully saturated rings. The number of hydrogen-bond acceptors (Lipinski definition) is 4. The summed E-state index contributed by atoms with van der Waals surface area (Å²) in [5, 5.41) is 3.50. The molecular formula is C12H23IN4. The molecule has 1 atom stereocenters. The number of likely N-dealkylation sites (N-methyl/N-ethyl adjacent to an activating group) is 1. The van der Waals surface area contributed by atoms with Crippen LogP contribution in [0.5, 0.6) is 0 Å². The summed E-state index contributed by atoms with van der Waals surface area (Å²) in [5.41, 5.74) is 0. The Bertz CT molecular complexity index is 290. The van der Waals surface area contributed by atoms with Crippen LogP contribution in [-0.4, -0.2) is 61.6 Å². The van der Waals surface area contributed by atoms with Crippen molar-refractivity contribution in [3.63, 3.8) is 0 Å². The first kappa shape index (κ1) is 13.4. The lowest BCUT2D eigenvalue weighted by Crippen LogP contribution is -2.38. The third kappa shape index (κ3) is 3.24. The summed E-state index contributed by atoms with van der Waals surface area (Å²) in [6.45, 7) is 5.75. The molecule has 98 valence electrons. The second-order valence-corrected chi connectivity index (χ2v) is 5.39. The van der Waals surface area contributed by atoms with Crippen molar-refractivity contribution in [3.05, 3.63) is 0 Å². The van der Waals surface area contributed by atoms with E-state index in [1.807, 2.05) is 0 Å². The third-order valence-electron chi connectivity index (χ3n) is 3.99. The van der Waals surface area contributed by atoms with Crippen LogP contribution in [0.1, 0.15) is 19.3 Å².